The van der Waals surface area contributed by atoms with E-state index in [0.717, 1.165) is 34.5 Å². The van der Waals surface area contributed by atoms with Gasteiger partial charge in [0.25, 0.3) is 0 Å². The summed E-state index contributed by atoms with van der Waals surface area (Å²) >= 11 is 0. The Morgan fingerprint density at radius 1 is 1.00 bits per heavy atom. The second kappa shape index (κ2) is 6.15. The molecule has 2 aromatic rings. The van der Waals surface area contributed by atoms with Crippen LogP contribution < -0.4 is 10.1 Å². The SMILES string of the molecule is C[C@@H](NC(=O)C1c2ccccc2Oc2ccccc21)[C@H]1C[C@H]2CC[C@H]1C2. The molecule has 3 aliphatic rings. The van der Waals surface area contributed by atoms with E-state index in [0.29, 0.717) is 5.92 Å². The average molecular weight is 347 g/mol. The number of fused-ring (bicyclic) bond motifs is 4. The molecule has 3 nitrogen and oxygen atoms in total. The smallest absolute Gasteiger partial charge is 0.232 e. The van der Waals surface area contributed by atoms with E-state index < -0.39 is 0 Å². The molecular formula is C23H25NO2. The number of carbonyl (C=O) groups is 1. The highest BCUT2D eigenvalue weighted by Crippen LogP contribution is 2.50. The summed E-state index contributed by atoms with van der Waals surface area (Å²) in [6.07, 6.45) is 5.39. The summed E-state index contributed by atoms with van der Waals surface area (Å²) in [7, 11) is 0. The lowest BCUT2D eigenvalue weighted by Crippen LogP contribution is -2.43. The number of benzene rings is 2. The van der Waals surface area contributed by atoms with E-state index in [4.69, 9.17) is 4.74 Å². The summed E-state index contributed by atoms with van der Waals surface area (Å²) in [4.78, 5) is 13.3. The summed E-state index contributed by atoms with van der Waals surface area (Å²) in [6, 6.07) is 16.0. The van der Waals surface area contributed by atoms with Gasteiger partial charge in [0.1, 0.15) is 11.5 Å². The van der Waals surface area contributed by atoms with Crippen molar-refractivity contribution < 1.29 is 9.53 Å². The van der Waals surface area contributed by atoms with Crippen molar-refractivity contribution in [2.45, 2.75) is 44.6 Å². The molecule has 0 saturated heterocycles. The second-order valence-electron chi connectivity index (χ2n) is 8.25. The Kier molecular flexibility index (Phi) is 3.77. The molecule has 1 N–H and O–H groups in total. The largest absolute Gasteiger partial charge is 0.457 e. The molecule has 5 rings (SSSR count). The Balaban J connectivity index is 1.43. The Labute approximate surface area is 154 Å². The number of para-hydroxylation sites is 2. The van der Waals surface area contributed by atoms with E-state index in [1.165, 1.54) is 25.7 Å². The number of hydrogen-bond acceptors (Lipinski definition) is 2. The van der Waals surface area contributed by atoms with Gasteiger partial charge in [-0.3, -0.25) is 4.79 Å². The normalized spacial score (nSPS) is 27.3. The molecule has 0 radical (unpaired) electrons. The first-order valence-corrected chi connectivity index (χ1v) is 9.87. The molecule has 3 heteroatoms. The molecule has 26 heavy (non-hydrogen) atoms. The highest BCUT2D eigenvalue weighted by Gasteiger charge is 2.43. The fourth-order valence-corrected chi connectivity index (χ4v) is 5.51. The quantitative estimate of drug-likeness (QED) is 0.860. The molecule has 4 atom stereocenters. The highest BCUT2D eigenvalue weighted by molar-refractivity contribution is 5.89. The number of carbonyl (C=O) groups excluding carboxylic acids is 1. The third kappa shape index (κ3) is 2.53. The van der Waals surface area contributed by atoms with Crippen LogP contribution in [0.1, 0.15) is 49.7 Å². The molecule has 2 bridgehead atoms. The zero-order valence-electron chi connectivity index (χ0n) is 15.2. The summed E-state index contributed by atoms with van der Waals surface area (Å²) in [5, 5.41) is 3.36. The standard InChI is InChI=1S/C23H25NO2/c1-14(19-13-15-10-11-16(19)12-15)24-23(25)22-17-6-2-4-8-20(17)26-21-9-5-3-7-18(21)22/h2-9,14-16,19,22H,10-13H2,1H3,(H,24,25)/t14-,15+,16+,19-/m1/s1. The van der Waals surface area contributed by atoms with Crippen molar-refractivity contribution in [2.24, 2.45) is 17.8 Å². The van der Waals surface area contributed by atoms with Crippen LogP contribution in [0.25, 0.3) is 0 Å². The van der Waals surface area contributed by atoms with Crippen LogP contribution in [0, 0.1) is 17.8 Å². The molecule has 2 saturated carbocycles. The average Bonchev–Trinajstić information content (AvgIpc) is 3.29. The number of hydrogen-bond donors (Lipinski definition) is 1. The van der Waals surface area contributed by atoms with Gasteiger partial charge in [0.05, 0.1) is 5.92 Å². The molecule has 0 aromatic heterocycles. The van der Waals surface area contributed by atoms with Crippen molar-refractivity contribution in [3.63, 3.8) is 0 Å². The lowest BCUT2D eigenvalue weighted by molar-refractivity contribution is -0.122. The second-order valence-corrected chi connectivity index (χ2v) is 8.25. The zero-order chi connectivity index (χ0) is 17.7. The summed E-state index contributed by atoms with van der Waals surface area (Å²) < 4.78 is 6.02. The predicted octanol–water partition coefficient (Wildman–Crippen LogP) is 4.87. The fraction of sp³-hybridized carbons (Fsp3) is 0.435. The van der Waals surface area contributed by atoms with Crippen LogP contribution in [0.2, 0.25) is 0 Å². The van der Waals surface area contributed by atoms with E-state index in [2.05, 4.69) is 12.2 Å². The first kappa shape index (κ1) is 15.9. The third-order valence-corrected chi connectivity index (χ3v) is 6.75. The van der Waals surface area contributed by atoms with Gasteiger partial charge in [0.15, 0.2) is 0 Å². The van der Waals surface area contributed by atoms with Crippen molar-refractivity contribution in [3.8, 4) is 11.5 Å². The van der Waals surface area contributed by atoms with Gasteiger partial charge in [0, 0.05) is 17.2 Å². The molecule has 1 aliphatic heterocycles. The van der Waals surface area contributed by atoms with Crippen molar-refractivity contribution in [1.29, 1.82) is 0 Å². The van der Waals surface area contributed by atoms with Gasteiger partial charge in [-0.25, -0.2) is 0 Å². The summed E-state index contributed by atoms with van der Waals surface area (Å²) in [6.45, 7) is 2.19. The van der Waals surface area contributed by atoms with Crippen LogP contribution in [0.3, 0.4) is 0 Å². The van der Waals surface area contributed by atoms with Crippen LogP contribution in [0.5, 0.6) is 11.5 Å². The van der Waals surface area contributed by atoms with E-state index in [1.54, 1.807) is 0 Å². The van der Waals surface area contributed by atoms with Gasteiger partial charge >= 0.3 is 0 Å². The Morgan fingerprint density at radius 2 is 1.65 bits per heavy atom. The van der Waals surface area contributed by atoms with Gasteiger partial charge in [-0.05, 0) is 56.1 Å². The van der Waals surface area contributed by atoms with Crippen LogP contribution in [0.4, 0.5) is 0 Å². The molecule has 0 unspecified atom stereocenters. The lowest BCUT2D eigenvalue weighted by atomic mass is 9.83. The molecule has 1 amide bonds. The predicted molar refractivity (Wildman–Crippen MR) is 101 cm³/mol. The summed E-state index contributed by atoms with van der Waals surface area (Å²) in [5.74, 6) is 3.74. The molecule has 1 heterocycles. The third-order valence-electron chi connectivity index (χ3n) is 6.75. The van der Waals surface area contributed by atoms with Crippen LogP contribution in [-0.2, 0) is 4.79 Å². The molecule has 2 fully saturated rings. The van der Waals surface area contributed by atoms with Crippen molar-refractivity contribution in [2.75, 3.05) is 0 Å². The Bertz CT molecular complexity index is 800. The number of nitrogens with one attached hydrogen (secondary N) is 1. The molecule has 0 spiro atoms. The minimum Gasteiger partial charge on any atom is -0.457 e. The molecule has 134 valence electrons. The van der Waals surface area contributed by atoms with E-state index in [9.17, 15) is 4.79 Å². The zero-order valence-corrected chi connectivity index (χ0v) is 15.2. The van der Waals surface area contributed by atoms with Crippen molar-refractivity contribution in [1.82, 2.24) is 5.32 Å². The minimum atomic E-state index is -0.294. The van der Waals surface area contributed by atoms with Crippen molar-refractivity contribution >= 4 is 5.91 Å². The number of amides is 1. The number of rotatable bonds is 3. The first-order chi connectivity index (χ1) is 12.7. The van der Waals surface area contributed by atoms with Gasteiger partial charge in [0.2, 0.25) is 5.91 Å². The van der Waals surface area contributed by atoms with Crippen LogP contribution in [0.15, 0.2) is 48.5 Å². The maximum Gasteiger partial charge on any atom is 0.232 e. The van der Waals surface area contributed by atoms with Gasteiger partial charge < -0.3 is 10.1 Å². The number of ether oxygens (including phenoxy) is 1. The van der Waals surface area contributed by atoms with E-state index >= 15 is 0 Å². The van der Waals surface area contributed by atoms with E-state index in [-0.39, 0.29) is 17.9 Å². The monoisotopic (exact) mass is 347 g/mol. The first-order valence-electron chi connectivity index (χ1n) is 9.87. The molecule has 2 aliphatic carbocycles. The van der Waals surface area contributed by atoms with Gasteiger partial charge in [-0.15, -0.1) is 0 Å². The topological polar surface area (TPSA) is 38.3 Å². The van der Waals surface area contributed by atoms with Crippen molar-refractivity contribution in [3.05, 3.63) is 59.7 Å². The molecule has 2 aromatic carbocycles. The van der Waals surface area contributed by atoms with E-state index in [1.807, 2.05) is 48.5 Å². The van der Waals surface area contributed by atoms with Gasteiger partial charge in [-0.1, -0.05) is 42.8 Å². The minimum absolute atomic E-state index is 0.100. The highest BCUT2D eigenvalue weighted by atomic mass is 16.5. The maximum atomic E-state index is 13.3. The van der Waals surface area contributed by atoms with Gasteiger partial charge in [-0.2, -0.15) is 0 Å². The maximum absolute atomic E-state index is 13.3. The lowest BCUT2D eigenvalue weighted by Gasteiger charge is -2.32. The Hall–Kier alpha value is -2.29. The Morgan fingerprint density at radius 3 is 2.23 bits per heavy atom. The molecular weight excluding hydrogens is 322 g/mol. The van der Waals surface area contributed by atoms with Crippen LogP contribution >= 0.6 is 0 Å². The fourth-order valence-electron chi connectivity index (χ4n) is 5.51. The van der Waals surface area contributed by atoms with Crippen LogP contribution in [-0.4, -0.2) is 11.9 Å². The summed E-state index contributed by atoms with van der Waals surface area (Å²) in [5.41, 5.74) is 1.92.